The molecule has 2 aromatic rings. The van der Waals surface area contributed by atoms with Crippen LogP contribution in [-0.2, 0) is 30.4 Å². The van der Waals surface area contributed by atoms with Crippen LogP contribution >= 0.6 is 11.6 Å². The number of esters is 1. The van der Waals surface area contributed by atoms with Gasteiger partial charge in [0, 0.05) is 51.0 Å². The minimum Gasteiger partial charge on any atom is -0.488 e. The van der Waals surface area contributed by atoms with Crippen LogP contribution in [0.15, 0.2) is 53.9 Å². The number of methoxy groups -OCH3 is 1. The summed E-state index contributed by atoms with van der Waals surface area (Å²) in [5, 5.41) is 0.347. The Hall–Kier alpha value is -2.94. The van der Waals surface area contributed by atoms with Crippen molar-refractivity contribution in [1.82, 2.24) is 9.88 Å². The van der Waals surface area contributed by atoms with Crippen LogP contribution in [0.5, 0.6) is 5.75 Å². The van der Waals surface area contributed by atoms with Crippen molar-refractivity contribution in [1.29, 1.82) is 0 Å². The molecule has 1 aromatic heterocycles. The van der Waals surface area contributed by atoms with E-state index in [1.54, 1.807) is 37.3 Å². The summed E-state index contributed by atoms with van der Waals surface area (Å²) < 4.78 is 22.8. The average molecular weight is 557 g/mol. The van der Waals surface area contributed by atoms with E-state index in [1.807, 2.05) is 38.1 Å². The summed E-state index contributed by atoms with van der Waals surface area (Å²) in [4.78, 5) is 32.6. The standard InChI is InChI=1S/C30H37ClN2O6/c1-20-28(29(35)38-19-21-7-10-23(11-8-21)39-30(2,3)13-15-36-4)25(22-9-12-26(31)32-17-22)16-27(34)33(20)18-24-6-5-14-37-24/h7-12,17,24-25H,5-6,13-16,18-19H2,1-4H3. The molecule has 2 atom stereocenters. The lowest BCUT2D eigenvalue weighted by molar-refractivity contribution is -0.141. The van der Waals surface area contributed by atoms with Gasteiger partial charge in [-0.05, 0) is 62.9 Å². The van der Waals surface area contributed by atoms with Gasteiger partial charge in [0.15, 0.2) is 0 Å². The van der Waals surface area contributed by atoms with Gasteiger partial charge in [0.25, 0.3) is 0 Å². The lowest BCUT2D eigenvalue weighted by Gasteiger charge is -2.35. The van der Waals surface area contributed by atoms with Gasteiger partial charge < -0.3 is 23.8 Å². The molecule has 3 heterocycles. The van der Waals surface area contributed by atoms with Crippen LogP contribution in [0.1, 0.15) is 63.5 Å². The van der Waals surface area contributed by atoms with E-state index in [9.17, 15) is 9.59 Å². The monoisotopic (exact) mass is 556 g/mol. The molecule has 8 nitrogen and oxygen atoms in total. The van der Waals surface area contributed by atoms with Crippen LogP contribution in [0.25, 0.3) is 0 Å². The number of benzene rings is 1. The van der Waals surface area contributed by atoms with E-state index in [-0.39, 0.29) is 30.6 Å². The van der Waals surface area contributed by atoms with Gasteiger partial charge in [-0.15, -0.1) is 0 Å². The molecule has 1 saturated heterocycles. The molecule has 9 heteroatoms. The summed E-state index contributed by atoms with van der Waals surface area (Å²) in [6.45, 7) is 7.65. The zero-order valence-corrected chi connectivity index (χ0v) is 23.8. The maximum absolute atomic E-state index is 13.5. The van der Waals surface area contributed by atoms with Crippen molar-refractivity contribution in [2.24, 2.45) is 0 Å². The molecule has 2 aliphatic rings. The van der Waals surface area contributed by atoms with Gasteiger partial charge in [-0.3, -0.25) is 4.79 Å². The minimum absolute atomic E-state index is 0.0323. The van der Waals surface area contributed by atoms with Crippen LogP contribution in [0, 0.1) is 0 Å². The van der Waals surface area contributed by atoms with E-state index >= 15 is 0 Å². The second-order valence-electron chi connectivity index (χ2n) is 10.6. The van der Waals surface area contributed by atoms with E-state index in [1.165, 1.54) is 0 Å². The number of halogens is 1. The molecule has 210 valence electrons. The smallest absolute Gasteiger partial charge is 0.336 e. The quantitative estimate of drug-likeness (QED) is 0.269. The van der Waals surface area contributed by atoms with Gasteiger partial charge in [-0.1, -0.05) is 29.8 Å². The number of aromatic nitrogens is 1. The largest absolute Gasteiger partial charge is 0.488 e. The first kappa shape index (κ1) is 29.1. The van der Waals surface area contributed by atoms with Crippen LogP contribution < -0.4 is 4.74 Å². The predicted octanol–water partition coefficient (Wildman–Crippen LogP) is 5.44. The fourth-order valence-electron chi connectivity index (χ4n) is 4.97. The van der Waals surface area contributed by atoms with Gasteiger partial charge >= 0.3 is 5.97 Å². The molecule has 1 amide bonds. The zero-order valence-electron chi connectivity index (χ0n) is 23.1. The molecule has 0 radical (unpaired) electrons. The number of carbonyl (C=O) groups is 2. The molecule has 1 aromatic carbocycles. The van der Waals surface area contributed by atoms with E-state index in [4.69, 9.17) is 30.5 Å². The Bertz CT molecular complexity index is 1170. The van der Waals surface area contributed by atoms with E-state index in [0.717, 1.165) is 36.1 Å². The number of hydrogen-bond donors (Lipinski definition) is 0. The fraction of sp³-hybridized carbons (Fsp3) is 0.500. The van der Waals surface area contributed by atoms with Gasteiger partial charge in [-0.25, -0.2) is 9.78 Å². The van der Waals surface area contributed by atoms with Gasteiger partial charge in [0.2, 0.25) is 5.91 Å². The van der Waals surface area contributed by atoms with Crippen LogP contribution in [-0.4, -0.2) is 60.3 Å². The molecule has 2 unspecified atom stereocenters. The van der Waals surface area contributed by atoms with E-state index in [2.05, 4.69) is 4.98 Å². The number of pyridine rings is 1. The molecular formula is C30H37ClN2O6. The van der Waals surface area contributed by atoms with Crippen molar-refractivity contribution in [3.05, 3.63) is 70.1 Å². The molecule has 0 saturated carbocycles. The van der Waals surface area contributed by atoms with E-state index < -0.39 is 11.9 Å². The highest BCUT2D eigenvalue weighted by Gasteiger charge is 2.38. The van der Waals surface area contributed by atoms with Crippen molar-refractivity contribution in [2.45, 2.75) is 70.7 Å². The van der Waals surface area contributed by atoms with Crippen LogP contribution in [0.3, 0.4) is 0 Å². The highest BCUT2D eigenvalue weighted by Crippen LogP contribution is 2.38. The first-order valence-electron chi connectivity index (χ1n) is 13.3. The van der Waals surface area contributed by atoms with Gasteiger partial charge in [-0.2, -0.15) is 0 Å². The fourth-order valence-corrected chi connectivity index (χ4v) is 5.08. The number of hydrogen-bond acceptors (Lipinski definition) is 7. The average Bonchev–Trinajstić information content (AvgIpc) is 3.43. The molecule has 2 aliphatic heterocycles. The summed E-state index contributed by atoms with van der Waals surface area (Å²) >= 11 is 5.99. The molecular weight excluding hydrogens is 520 g/mol. The number of carbonyl (C=O) groups excluding carboxylic acids is 2. The lowest BCUT2D eigenvalue weighted by Crippen LogP contribution is -2.42. The number of amides is 1. The number of allylic oxidation sites excluding steroid dienone is 1. The molecule has 1 fully saturated rings. The second-order valence-corrected chi connectivity index (χ2v) is 11.0. The Morgan fingerprint density at radius 3 is 2.62 bits per heavy atom. The molecule has 0 aliphatic carbocycles. The summed E-state index contributed by atoms with van der Waals surface area (Å²) in [7, 11) is 1.67. The summed E-state index contributed by atoms with van der Waals surface area (Å²) in [5.74, 6) is -0.252. The third-order valence-corrected chi connectivity index (χ3v) is 7.42. The molecule has 0 bridgehead atoms. The summed E-state index contributed by atoms with van der Waals surface area (Å²) in [5.41, 5.74) is 2.25. The Morgan fingerprint density at radius 1 is 1.21 bits per heavy atom. The van der Waals surface area contributed by atoms with Crippen molar-refractivity contribution in [3.8, 4) is 5.75 Å². The summed E-state index contributed by atoms with van der Waals surface area (Å²) in [6.07, 6.45) is 4.35. The highest BCUT2D eigenvalue weighted by atomic mass is 35.5. The third-order valence-electron chi connectivity index (χ3n) is 7.20. The normalized spacial score (nSPS) is 19.9. The van der Waals surface area contributed by atoms with Crippen molar-refractivity contribution in [2.75, 3.05) is 26.9 Å². The Kier molecular flexibility index (Phi) is 9.64. The molecule has 0 spiro atoms. The van der Waals surface area contributed by atoms with Crippen LogP contribution in [0.4, 0.5) is 0 Å². The number of nitrogens with zero attached hydrogens (tertiary/aromatic N) is 2. The van der Waals surface area contributed by atoms with E-state index in [0.29, 0.717) is 36.2 Å². The maximum atomic E-state index is 13.5. The molecule has 39 heavy (non-hydrogen) atoms. The zero-order chi connectivity index (χ0) is 28.0. The predicted molar refractivity (Wildman–Crippen MR) is 147 cm³/mol. The van der Waals surface area contributed by atoms with Crippen molar-refractivity contribution >= 4 is 23.5 Å². The Balaban J connectivity index is 1.50. The first-order valence-corrected chi connectivity index (χ1v) is 13.7. The Morgan fingerprint density at radius 2 is 1.97 bits per heavy atom. The molecule has 4 rings (SSSR count). The van der Waals surface area contributed by atoms with Gasteiger partial charge in [0.1, 0.15) is 23.1 Å². The van der Waals surface area contributed by atoms with Crippen molar-refractivity contribution < 1.29 is 28.5 Å². The topological polar surface area (TPSA) is 87.2 Å². The molecule has 0 N–H and O–H groups in total. The van der Waals surface area contributed by atoms with Crippen molar-refractivity contribution in [3.63, 3.8) is 0 Å². The second kappa shape index (κ2) is 12.9. The lowest BCUT2D eigenvalue weighted by atomic mass is 9.84. The summed E-state index contributed by atoms with van der Waals surface area (Å²) in [6, 6.07) is 11.0. The minimum atomic E-state index is -0.472. The maximum Gasteiger partial charge on any atom is 0.336 e. The SMILES string of the molecule is COCCC(C)(C)Oc1ccc(COC(=O)C2=C(C)N(CC3CCCO3)C(=O)CC2c2ccc(Cl)nc2)cc1. The Labute approximate surface area is 235 Å². The van der Waals surface area contributed by atoms with Crippen LogP contribution in [0.2, 0.25) is 5.15 Å². The number of ether oxygens (including phenoxy) is 4. The first-order chi connectivity index (χ1) is 18.7. The third kappa shape index (κ3) is 7.59. The highest BCUT2D eigenvalue weighted by molar-refractivity contribution is 6.29. The van der Waals surface area contributed by atoms with Gasteiger partial charge in [0.05, 0.1) is 18.2 Å². The number of rotatable bonds is 11.